The third-order valence-corrected chi connectivity index (χ3v) is 41.5. The van der Waals surface area contributed by atoms with Gasteiger partial charge in [-0.15, -0.1) is 0 Å². The van der Waals surface area contributed by atoms with Gasteiger partial charge >= 0.3 is 264 Å². The fourth-order valence-corrected chi connectivity index (χ4v) is 38.8. The van der Waals surface area contributed by atoms with Crippen LogP contribution in [0.15, 0.2) is 121 Å². The summed E-state index contributed by atoms with van der Waals surface area (Å²) in [6.07, 6.45) is 0. The molecule has 168 valence electrons. The van der Waals surface area contributed by atoms with E-state index in [4.69, 9.17) is 0 Å². The van der Waals surface area contributed by atoms with E-state index < -0.39 is 29.3 Å². The van der Waals surface area contributed by atoms with Crippen molar-refractivity contribution in [1.82, 2.24) is 0 Å². The summed E-state index contributed by atoms with van der Waals surface area (Å²) < 4.78 is 6.52. The number of benzene rings is 4. The normalized spacial score (nSPS) is 11.2. The van der Waals surface area contributed by atoms with E-state index in [0.29, 0.717) is 0 Å². The second-order valence-corrected chi connectivity index (χ2v) is 59.7. The molecule has 0 spiro atoms. The minimum atomic E-state index is -1.35. The zero-order chi connectivity index (χ0) is 23.5. The average molecular weight is 1020 g/mol. The molecule has 7 heteroatoms. The van der Waals surface area contributed by atoms with Crippen LogP contribution in [0, 0.1) is 0 Å². The van der Waals surface area contributed by atoms with Crippen LogP contribution < -0.4 is 17.6 Å². The van der Waals surface area contributed by atoms with Crippen molar-refractivity contribution < 1.29 is 0 Å². The van der Waals surface area contributed by atoms with E-state index in [-0.39, 0.29) is 0 Å². The SMILES string of the molecule is I[CH2][Ge]([c]1ccccc1)[c]1ccccc1.I[Si](I)(I)[CH2][Ge]([c]1ccccc1)[c]1ccccc1. The Kier molecular flexibility index (Phi) is 13.4. The van der Waals surface area contributed by atoms with E-state index in [1.165, 1.54) is 8.14 Å². The molecule has 0 bridgehead atoms. The molecule has 0 aliphatic carbocycles. The second-order valence-electron chi connectivity index (χ2n) is 7.35. The summed E-state index contributed by atoms with van der Waals surface area (Å²) in [5, 5.41) is 0. The summed E-state index contributed by atoms with van der Waals surface area (Å²) in [6, 6.07) is 44.2. The number of alkyl halides is 1. The molecule has 2 radical (unpaired) electrons. The molecule has 0 aliphatic rings. The summed E-state index contributed by atoms with van der Waals surface area (Å²) in [6.45, 7) is 0. The number of hydrogen-bond donors (Lipinski definition) is 0. The van der Waals surface area contributed by atoms with Crippen molar-refractivity contribution in [2.45, 2.75) is 4.88 Å². The van der Waals surface area contributed by atoms with Gasteiger partial charge in [-0.1, -0.05) is 0 Å². The van der Waals surface area contributed by atoms with Crippen LogP contribution in [-0.2, 0) is 0 Å². The molecule has 4 aromatic rings. The number of rotatable bonds is 7. The molecule has 0 aliphatic heterocycles. The quantitative estimate of drug-likeness (QED) is 0.0878. The fraction of sp³-hybridized carbons (Fsp3) is 0.0769. The molecule has 0 fully saturated rings. The van der Waals surface area contributed by atoms with Crippen molar-refractivity contribution in [1.29, 1.82) is 0 Å². The van der Waals surface area contributed by atoms with Crippen LogP contribution in [0.1, 0.15) is 0 Å². The van der Waals surface area contributed by atoms with Crippen molar-refractivity contribution in [3.05, 3.63) is 121 Å². The van der Waals surface area contributed by atoms with Gasteiger partial charge in [0, 0.05) is 0 Å². The van der Waals surface area contributed by atoms with Crippen molar-refractivity contribution >= 4 is 135 Å². The standard InChI is InChI=1S/C13H12GeI3Si.C13H12GeI/c15-18(16,17)11-14(12-7-3-1-4-8-12)13-9-5-2-6-10-13;15-11-14(12-7-3-1-4-8-12)13-9-5-2-6-10-13/h1-10H,11H2;1-10H,11H2. The van der Waals surface area contributed by atoms with Gasteiger partial charge in [-0.25, -0.2) is 0 Å². The summed E-state index contributed by atoms with van der Waals surface area (Å²) >= 11 is 8.04. The Morgan fingerprint density at radius 3 is 0.970 bits per heavy atom. The number of hydrogen-bond acceptors (Lipinski definition) is 0. The Bertz CT molecular complexity index is 984. The molecule has 4 rings (SSSR count). The summed E-state index contributed by atoms with van der Waals surface area (Å²) in [5.74, 6) is 0. The van der Waals surface area contributed by atoms with E-state index in [0.717, 1.165) is 0 Å². The van der Waals surface area contributed by atoms with Gasteiger partial charge in [0.05, 0.1) is 0 Å². The summed E-state index contributed by atoms with van der Waals surface area (Å²) in [5.41, 5.74) is 0. The molecule has 0 atom stereocenters. The summed E-state index contributed by atoms with van der Waals surface area (Å²) in [4.78, 5) is 1.43. The van der Waals surface area contributed by atoms with E-state index in [1.807, 2.05) is 0 Å². The van der Waals surface area contributed by atoms with Crippen LogP contribution in [0.5, 0.6) is 0 Å². The predicted octanol–water partition coefficient (Wildman–Crippen LogP) is 6.35. The van der Waals surface area contributed by atoms with Crippen LogP contribution >= 0.6 is 88.0 Å². The third kappa shape index (κ3) is 10.2. The first kappa shape index (κ1) is 28.7. The monoisotopic (exact) mass is 1020 g/mol. The van der Waals surface area contributed by atoms with Crippen LogP contribution in [-0.4, -0.2) is 32.5 Å². The Labute approximate surface area is 260 Å². The van der Waals surface area contributed by atoms with E-state index in [1.54, 1.807) is 17.6 Å². The molecule has 0 saturated carbocycles. The summed E-state index contributed by atoms with van der Waals surface area (Å²) in [7, 11) is 0. The molecular weight excluding hydrogens is 993 g/mol. The van der Waals surface area contributed by atoms with Gasteiger partial charge in [0.1, 0.15) is 0 Å². The Morgan fingerprint density at radius 1 is 0.455 bits per heavy atom. The molecule has 0 aromatic heterocycles. The maximum atomic E-state index is 2.70. The van der Waals surface area contributed by atoms with Gasteiger partial charge in [-0.2, -0.15) is 0 Å². The van der Waals surface area contributed by atoms with E-state index in [2.05, 4.69) is 209 Å². The average Bonchev–Trinajstić information content (AvgIpc) is 2.85. The molecular formula is C26H24Ge2I4Si. The Hall–Kier alpha value is 1.10. The van der Waals surface area contributed by atoms with Gasteiger partial charge in [0.2, 0.25) is 0 Å². The molecule has 0 amide bonds. The first-order valence-corrected chi connectivity index (χ1v) is 30.8. The first-order chi connectivity index (χ1) is 16.0. The molecule has 0 saturated heterocycles. The van der Waals surface area contributed by atoms with Crippen LogP contribution in [0.3, 0.4) is 0 Å². The van der Waals surface area contributed by atoms with Gasteiger partial charge in [0.15, 0.2) is 0 Å². The zero-order valence-corrected chi connectivity index (χ0v) is 31.8. The second kappa shape index (κ2) is 15.4. The molecule has 33 heavy (non-hydrogen) atoms. The fourth-order valence-electron chi connectivity index (χ4n) is 3.45. The molecule has 0 heterocycles. The van der Waals surface area contributed by atoms with E-state index in [9.17, 15) is 0 Å². The Balaban J connectivity index is 0.000000189. The zero-order valence-electron chi connectivity index (χ0n) is 18.0. The van der Waals surface area contributed by atoms with E-state index >= 15 is 0 Å². The third-order valence-electron chi connectivity index (χ3n) is 5.00. The van der Waals surface area contributed by atoms with Crippen molar-refractivity contribution in [3.63, 3.8) is 0 Å². The van der Waals surface area contributed by atoms with Gasteiger partial charge in [0.25, 0.3) is 0 Å². The first-order valence-electron chi connectivity index (χ1n) is 10.5. The topological polar surface area (TPSA) is 0 Å². The molecule has 0 unspecified atom stereocenters. The number of halogens is 4. The molecule has 0 nitrogen and oxygen atoms in total. The van der Waals surface area contributed by atoms with Crippen molar-refractivity contribution in [2.75, 3.05) is 3.26 Å². The minimum absolute atomic E-state index is 1.10. The van der Waals surface area contributed by atoms with Crippen LogP contribution in [0.2, 0.25) is 4.88 Å². The predicted molar refractivity (Wildman–Crippen MR) is 187 cm³/mol. The van der Waals surface area contributed by atoms with Gasteiger partial charge < -0.3 is 0 Å². The van der Waals surface area contributed by atoms with Gasteiger partial charge in [-0.3, -0.25) is 0 Å². The van der Waals surface area contributed by atoms with Crippen molar-refractivity contribution in [3.8, 4) is 0 Å². The maximum absolute atomic E-state index is 2.70. The Morgan fingerprint density at radius 2 is 0.727 bits per heavy atom. The van der Waals surface area contributed by atoms with Crippen LogP contribution in [0.4, 0.5) is 0 Å². The van der Waals surface area contributed by atoms with Crippen LogP contribution in [0.25, 0.3) is 0 Å². The van der Waals surface area contributed by atoms with Crippen molar-refractivity contribution in [2.24, 2.45) is 0 Å². The molecule has 0 N–H and O–H groups in total. The van der Waals surface area contributed by atoms with Gasteiger partial charge in [-0.05, 0) is 0 Å². The molecule has 4 aromatic carbocycles.